The maximum absolute atomic E-state index is 2.33. The van der Waals surface area contributed by atoms with Gasteiger partial charge in [-0.15, -0.1) is 11.8 Å². The molecule has 0 N–H and O–H groups in total. The fraction of sp³-hybridized carbons (Fsp3) is 0.167. The summed E-state index contributed by atoms with van der Waals surface area (Å²) < 4.78 is 0. The van der Waals surface area contributed by atoms with Gasteiger partial charge in [0.2, 0.25) is 0 Å². The molecular formula is C24H22S. The van der Waals surface area contributed by atoms with Crippen molar-refractivity contribution in [1.29, 1.82) is 0 Å². The molecule has 0 fully saturated rings. The van der Waals surface area contributed by atoms with Crippen molar-refractivity contribution in [3.63, 3.8) is 0 Å². The number of fused-ring (bicyclic) bond motifs is 2. The second-order valence-electron chi connectivity index (χ2n) is 6.63. The molecule has 124 valence electrons. The van der Waals surface area contributed by atoms with Crippen molar-refractivity contribution in [2.24, 2.45) is 0 Å². The number of hydrogen-bond acceptors (Lipinski definition) is 1. The average Bonchev–Trinajstić information content (AvgIpc) is 2.67. The number of rotatable bonds is 4. The van der Waals surface area contributed by atoms with Crippen molar-refractivity contribution in [2.45, 2.75) is 24.3 Å². The summed E-state index contributed by atoms with van der Waals surface area (Å²) in [4.78, 5) is 0. The first-order valence-electron chi connectivity index (χ1n) is 8.83. The van der Waals surface area contributed by atoms with Crippen LogP contribution in [-0.4, -0.2) is 0 Å². The lowest BCUT2D eigenvalue weighted by Crippen LogP contribution is -1.94. The van der Waals surface area contributed by atoms with Gasteiger partial charge in [-0.25, -0.2) is 0 Å². The van der Waals surface area contributed by atoms with E-state index < -0.39 is 0 Å². The highest BCUT2D eigenvalue weighted by Gasteiger charge is 2.14. The molecule has 0 aliphatic rings. The Bertz CT molecular complexity index is 935. The van der Waals surface area contributed by atoms with Gasteiger partial charge in [-0.1, -0.05) is 84.9 Å². The molecule has 0 aromatic heterocycles. The summed E-state index contributed by atoms with van der Waals surface area (Å²) in [6.45, 7) is 4.62. The average molecular weight is 343 g/mol. The summed E-state index contributed by atoms with van der Waals surface area (Å²) >= 11 is 2.02. The number of thioether (sulfide) groups is 1. The van der Waals surface area contributed by atoms with Crippen LogP contribution in [0, 0.1) is 0 Å². The Balaban J connectivity index is 1.56. The first-order valence-corrected chi connectivity index (χ1v) is 9.78. The smallest absolute Gasteiger partial charge is 0.0275 e. The Morgan fingerprint density at radius 3 is 1.36 bits per heavy atom. The highest BCUT2D eigenvalue weighted by Crippen LogP contribution is 2.41. The van der Waals surface area contributed by atoms with Gasteiger partial charge in [-0.2, -0.15) is 0 Å². The molecular weight excluding hydrogens is 320 g/mol. The zero-order valence-corrected chi connectivity index (χ0v) is 15.5. The molecule has 0 saturated carbocycles. The predicted molar refractivity (Wildman–Crippen MR) is 112 cm³/mol. The summed E-state index contributed by atoms with van der Waals surface area (Å²) in [5.74, 6) is 0. The van der Waals surface area contributed by atoms with E-state index in [0.29, 0.717) is 10.5 Å². The van der Waals surface area contributed by atoms with Crippen LogP contribution in [0.5, 0.6) is 0 Å². The van der Waals surface area contributed by atoms with Crippen LogP contribution >= 0.6 is 11.8 Å². The van der Waals surface area contributed by atoms with E-state index in [2.05, 4.69) is 98.8 Å². The van der Waals surface area contributed by atoms with E-state index in [0.717, 1.165) is 0 Å². The third kappa shape index (κ3) is 3.43. The van der Waals surface area contributed by atoms with E-state index in [9.17, 15) is 0 Å². The third-order valence-electron chi connectivity index (χ3n) is 4.89. The largest absolute Gasteiger partial charge is 0.146 e. The standard InChI is InChI=1S/C24H22S/c1-17(21-13-11-19-7-3-5-9-23(19)15-21)25-18(2)22-14-12-20-8-4-6-10-24(20)16-22/h3-18H,1-2H3. The number of hydrogen-bond donors (Lipinski definition) is 0. The van der Waals surface area contributed by atoms with Gasteiger partial charge in [0.25, 0.3) is 0 Å². The molecule has 0 aliphatic carbocycles. The minimum Gasteiger partial charge on any atom is -0.146 e. The van der Waals surface area contributed by atoms with Crippen LogP contribution in [0.15, 0.2) is 84.9 Å². The van der Waals surface area contributed by atoms with Gasteiger partial charge in [0.1, 0.15) is 0 Å². The van der Waals surface area contributed by atoms with Crippen molar-refractivity contribution in [2.75, 3.05) is 0 Å². The molecule has 4 aromatic rings. The van der Waals surface area contributed by atoms with Crippen LogP contribution in [-0.2, 0) is 0 Å². The quantitative estimate of drug-likeness (QED) is 0.369. The molecule has 0 radical (unpaired) electrons. The Morgan fingerprint density at radius 2 is 0.920 bits per heavy atom. The van der Waals surface area contributed by atoms with Gasteiger partial charge in [0.05, 0.1) is 0 Å². The van der Waals surface area contributed by atoms with Gasteiger partial charge in [0, 0.05) is 10.5 Å². The van der Waals surface area contributed by atoms with Crippen molar-refractivity contribution < 1.29 is 0 Å². The Hall–Kier alpha value is -2.25. The fourth-order valence-corrected chi connectivity index (χ4v) is 4.60. The van der Waals surface area contributed by atoms with Crippen molar-refractivity contribution >= 4 is 33.3 Å². The van der Waals surface area contributed by atoms with Gasteiger partial charge >= 0.3 is 0 Å². The number of benzene rings is 4. The van der Waals surface area contributed by atoms with Crippen LogP contribution in [0.25, 0.3) is 21.5 Å². The summed E-state index contributed by atoms with van der Waals surface area (Å²) in [5.41, 5.74) is 2.80. The molecule has 0 bridgehead atoms. The van der Waals surface area contributed by atoms with Gasteiger partial charge < -0.3 is 0 Å². The predicted octanol–water partition coefficient (Wildman–Crippen LogP) is 7.55. The molecule has 25 heavy (non-hydrogen) atoms. The van der Waals surface area contributed by atoms with E-state index in [1.165, 1.54) is 32.7 Å². The minimum atomic E-state index is 0.464. The van der Waals surface area contributed by atoms with Crippen LogP contribution in [0.2, 0.25) is 0 Å². The van der Waals surface area contributed by atoms with Gasteiger partial charge in [-0.3, -0.25) is 0 Å². The van der Waals surface area contributed by atoms with Crippen molar-refractivity contribution in [3.8, 4) is 0 Å². The Labute approximate surface area is 153 Å². The van der Waals surface area contributed by atoms with Crippen molar-refractivity contribution in [1.82, 2.24) is 0 Å². The maximum Gasteiger partial charge on any atom is 0.0275 e. The Kier molecular flexibility index (Phi) is 4.50. The molecule has 1 heteroatoms. The van der Waals surface area contributed by atoms with Crippen LogP contribution in [0.4, 0.5) is 0 Å². The highest BCUT2D eigenvalue weighted by molar-refractivity contribution is 7.99. The summed E-state index contributed by atoms with van der Waals surface area (Å²) in [6, 6.07) is 30.9. The topological polar surface area (TPSA) is 0 Å². The molecule has 0 aliphatic heterocycles. The molecule has 2 atom stereocenters. The molecule has 0 amide bonds. The van der Waals surface area contributed by atoms with E-state index in [4.69, 9.17) is 0 Å². The zero-order chi connectivity index (χ0) is 17.2. The van der Waals surface area contributed by atoms with E-state index in [1.54, 1.807) is 0 Å². The molecule has 0 saturated heterocycles. The SMILES string of the molecule is CC(SC(C)c1ccc2ccccc2c1)c1ccc2ccccc2c1. The lowest BCUT2D eigenvalue weighted by atomic mass is 10.1. The van der Waals surface area contributed by atoms with E-state index in [-0.39, 0.29) is 0 Å². The molecule has 4 aromatic carbocycles. The first kappa shape index (κ1) is 16.2. The first-order chi connectivity index (χ1) is 12.2. The van der Waals surface area contributed by atoms with Crippen LogP contribution in [0.3, 0.4) is 0 Å². The minimum absolute atomic E-state index is 0.464. The van der Waals surface area contributed by atoms with Crippen LogP contribution in [0.1, 0.15) is 35.5 Å². The molecule has 0 nitrogen and oxygen atoms in total. The second-order valence-corrected chi connectivity index (χ2v) is 8.32. The Morgan fingerprint density at radius 1 is 0.520 bits per heavy atom. The van der Waals surface area contributed by atoms with Gasteiger partial charge in [0.15, 0.2) is 0 Å². The highest BCUT2D eigenvalue weighted by atomic mass is 32.2. The van der Waals surface area contributed by atoms with Gasteiger partial charge in [-0.05, 0) is 46.5 Å². The molecule has 4 rings (SSSR count). The van der Waals surface area contributed by atoms with Crippen LogP contribution < -0.4 is 0 Å². The summed E-state index contributed by atoms with van der Waals surface area (Å²) in [6.07, 6.45) is 0. The second kappa shape index (κ2) is 6.93. The lowest BCUT2D eigenvalue weighted by Gasteiger charge is -2.19. The molecule has 0 heterocycles. The molecule has 2 unspecified atom stereocenters. The summed E-state index contributed by atoms with van der Waals surface area (Å²) in [7, 11) is 0. The summed E-state index contributed by atoms with van der Waals surface area (Å²) in [5, 5.41) is 6.20. The monoisotopic (exact) mass is 342 g/mol. The normalized spacial score (nSPS) is 13.8. The lowest BCUT2D eigenvalue weighted by molar-refractivity contribution is 1.04. The van der Waals surface area contributed by atoms with E-state index >= 15 is 0 Å². The van der Waals surface area contributed by atoms with Crippen molar-refractivity contribution in [3.05, 3.63) is 96.1 Å². The fourth-order valence-electron chi connectivity index (χ4n) is 3.38. The maximum atomic E-state index is 2.33. The molecule has 0 spiro atoms. The van der Waals surface area contributed by atoms with E-state index in [1.807, 2.05) is 11.8 Å². The zero-order valence-electron chi connectivity index (χ0n) is 14.6. The third-order valence-corrected chi connectivity index (χ3v) is 6.25.